The molecule has 1 aromatic rings. The third-order valence-electron chi connectivity index (χ3n) is 3.24. The summed E-state index contributed by atoms with van der Waals surface area (Å²) in [7, 11) is 0. The Bertz CT molecular complexity index is 304. The fraction of sp³-hybridized carbons (Fsp3) is 0.538. The maximum atomic E-state index is 9.72. The zero-order valence-corrected chi connectivity index (χ0v) is 10.4. The van der Waals surface area contributed by atoms with Crippen LogP contribution in [0, 0.1) is 0 Å². The zero-order chi connectivity index (χ0) is 10.7. The van der Waals surface area contributed by atoms with E-state index in [1.165, 1.54) is 5.56 Å². The van der Waals surface area contributed by atoms with Gasteiger partial charge in [-0.15, -0.1) is 12.4 Å². The lowest BCUT2D eigenvalue weighted by molar-refractivity contribution is 0.144. The topological polar surface area (TPSA) is 32.3 Å². The number of nitrogens with one attached hydrogen (secondary N) is 1. The monoisotopic (exact) mass is 241 g/mol. The molecule has 0 heterocycles. The van der Waals surface area contributed by atoms with Crippen LogP contribution in [0.15, 0.2) is 30.3 Å². The van der Waals surface area contributed by atoms with Gasteiger partial charge in [0.15, 0.2) is 0 Å². The first kappa shape index (κ1) is 13.5. The molecule has 3 atom stereocenters. The summed E-state index contributed by atoms with van der Waals surface area (Å²) in [5.74, 6) is 0. The molecule has 0 aliphatic heterocycles. The molecule has 2 nitrogen and oxygen atoms in total. The Labute approximate surface area is 103 Å². The average molecular weight is 242 g/mol. The van der Waals surface area contributed by atoms with Crippen LogP contribution >= 0.6 is 12.4 Å². The second-order valence-electron chi connectivity index (χ2n) is 4.40. The van der Waals surface area contributed by atoms with E-state index in [4.69, 9.17) is 0 Å². The predicted molar refractivity (Wildman–Crippen MR) is 68.9 cm³/mol. The van der Waals surface area contributed by atoms with Crippen molar-refractivity contribution in [2.24, 2.45) is 0 Å². The molecular weight excluding hydrogens is 222 g/mol. The lowest BCUT2D eigenvalue weighted by Crippen LogP contribution is -2.37. The maximum Gasteiger partial charge on any atom is 0.0693 e. The van der Waals surface area contributed by atoms with Crippen LogP contribution in [0.4, 0.5) is 0 Å². The van der Waals surface area contributed by atoms with Crippen molar-refractivity contribution in [3.8, 4) is 0 Å². The molecule has 0 unspecified atom stereocenters. The number of aliphatic hydroxyl groups excluding tert-OH is 1. The van der Waals surface area contributed by atoms with Crippen LogP contribution in [0.1, 0.15) is 37.8 Å². The molecule has 0 spiro atoms. The standard InChI is InChI=1S/C13H19NO.ClH/c1-10(11-6-3-2-4-7-11)14-12-8-5-9-13(12)15;/h2-4,6-7,10,12-15H,5,8-9H2,1H3;1H/t10-,12+,13+;/m0./s1. The van der Waals surface area contributed by atoms with Gasteiger partial charge >= 0.3 is 0 Å². The van der Waals surface area contributed by atoms with E-state index in [0.29, 0.717) is 6.04 Å². The molecule has 1 aliphatic rings. The smallest absolute Gasteiger partial charge is 0.0693 e. The van der Waals surface area contributed by atoms with Crippen LogP contribution in [0.3, 0.4) is 0 Å². The number of hydrogen-bond acceptors (Lipinski definition) is 2. The molecule has 1 fully saturated rings. The van der Waals surface area contributed by atoms with E-state index in [1.54, 1.807) is 0 Å². The highest BCUT2D eigenvalue weighted by Crippen LogP contribution is 2.22. The third-order valence-corrected chi connectivity index (χ3v) is 3.24. The van der Waals surface area contributed by atoms with Crippen molar-refractivity contribution in [3.63, 3.8) is 0 Å². The Morgan fingerprint density at radius 1 is 1.25 bits per heavy atom. The summed E-state index contributed by atoms with van der Waals surface area (Å²) in [6.07, 6.45) is 3.02. The Kier molecular flexibility index (Phi) is 5.26. The summed E-state index contributed by atoms with van der Waals surface area (Å²) < 4.78 is 0. The molecule has 0 radical (unpaired) electrons. The molecule has 0 saturated heterocycles. The van der Waals surface area contributed by atoms with Crippen molar-refractivity contribution in [3.05, 3.63) is 35.9 Å². The number of aliphatic hydroxyl groups is 1. The van der Waals surface area contributed by atoms with E-state index in [1.807, 2.05) is 6.07 Å². The highest BCUT2D eigenvalue weighted by molar-refractivity contribution is 5.85. The Morgan fingerprint density at radius 2 is 1.94 bits per heavy atom. The summed E-state index contributed by atoms with van der Waals surface area (Å²) in [6.45, 7) is 2.15. The number of rotatable bonds is 3. The highest BCUT2D eigenvalue weighted by Gasteiger charge is 2.26. The molecule has 2 N–H and O–H groups in total. The summed E-state index contributed by atoms with van der Waals surface area (Å²) in [5.41, 5.74) is 1.29. The van der Waals surface area contributed by atoms with Crippen molar-refractivity contribution >= 4 is 12.4 Å². The summed E-state index contributed by atoms with van der Waals surface area (Å²) in [5, 5.41) is 13.2. The zero-order valence-electron chi connectivity index (χ0n) is 9.60. The van der Waals surface area contributed by atoms with Gasteiger partial charge in [-0.1, -0.05) is 30.3 Å². The molecule has 0 bridgehead atoms. The van der Waals surface area contributed by atoms with E-state index < -0.39 is 0 Å². The van der Waals surface area contributed by atoms with E-state index in [2.05, 4.69) is 36.5 Å². The van der Waals surface area contributed by atoms with Crippen molar-refractivity contribution in [1.29, 1.82) is 0 Å². The van der Waals surface area contributed by atoms with Crippen LogP contribution in [-0.4, -0.2) is 17.3 Å². The van der Waals surface area contributed by atoms with Crippen molar-refractivity contribution in [2.45, 2.75) is 44.4 Å². The molecule has 2 rings (SSSR count). The molecule has 3 heteroatoms. The molecular formula is C13H20ClNO. The van der Waals surface area contributed by atoms with Gasteiger partial charge in [0.25, 0.3) is 0 Å². The molecule has 1 aliphatic carbocycles. The first-order valence-electron chi connectivity index (χ1n) is 5.76. The molecule has 0 aromatic heterocycles. The van der Waals surface area contributed by atoms with Crippen LogP contribution in [0.25, 0.3) is 0 Å². The highest BCUT2D eigenvalue weighted by atomic mass is 35.5. The first-order chi connectivity index (χ1) is 7.27. The third kappa shape index (κ3) is 3.21. The molecule has 1 saturated carbocycles. The Morgan fingerprint density at radius 3 is 2.50 bits per heavy atom. The number of hydrogen-bond donors (Lipinski definition) is 2. The fourth-order valence-electron chi connectivity index (χ4n) is 2.29. The van der Waals surface area contributed by atoms with Gasteiger partial charge in [-0.2, -0.15) is 0 Å². The SMILES string of the molecule is C[C@H](N[C@@H]1CCC[C@H]1O)c1ccccc1.Cl. The largest absolute Gasteiger partial charge is 0.392 e. The number of halogens is 1. The van der Waals surface area contributed by atoms with Gasteiger partial charge in [-0.25, -0.2) is 0 Å². The van der Waals surface area contributed by atoms with Gasteiger partial charge in [-0.05, 0) is 31.7 Å². The first-order valence-corrected chi connectivity index (χ1v) is 5.76. The average Bonchev–Trinajstić information content (AvgIpc) is 2.66. The van der Waals surface area contributed by atoms with Gasteiger partial charge in [0.2, 0.25) is 0 Å². The van der Waals surface area contributed by atoms with Crippen LogP contribution < -0.4 is 5.32 Å². The minimum absolute atomic E-state index is 0. The second kappa shape index (κ2) is 6.24. The van der Waals surface area contributed by atoms with Crippen molar-refractivity contribution < 1.29 is 5.11 Å². The summed E-state index contributed by atoms with van der Waals surface area (Å²) in [6, 6.07) is 11.0. The van der Waals surface area contributed by atoms with Crippen LogP contribution in [0.2, 0.25) is 0 Å². The Balaban J connectivity index is 0.00000128. The lowest BCUT2D eigenvalue weighted by Gasteiger charge is -2.22. The molecule has 0 amide bonds. The normalized spacial score (nSPS) is 26.1. The molecule has 1 aromatic carbocycles. The minimum atomic E-state index is -0.156. The van der Waals surface area contributed by atoms with E-state index in [9.17, 15) is 5.11 Å². The van der Waals surface area contributed by atoms with Gasteiger partial charge in [-0.3, -0.25) is 0 Å². The minimum Gasteiger partial charge on any atom is -0.392 e. The second-order valence-corrected chi connectivity index (χ2v) is 4.40. The quantitative estimate of drug-likeness (QED) is 0.853. The van der Waals surface area contributed by atoms with Crippen molar-refractivity contribution in [1.82, 2.24) is 5.32 Å². The predicted octanol–water partition coefficient (Wildman–Crippen LogP) is 2.67. The summed E-state index contributed by atoms with van der Waals surface area (Å²) in [4.78, 5) is 0. The van der Waals surface area contributed by atoms with Gasteiger partial charge in [0.1, 0.15) is 0 Å². The van der Waals surface area contributed by atoms with E-state index >= 15 is 0 Å². The maximum absolute atomic E-state index is 9.72. The van der Waals surface area contributed by atoms with Gasteiger partial charge in [0, 0.05) is 12.1 Å². The fourth-order valence-corrected chi connectivity index (χ4v) is 2.29. The molecule has 90 valence electrons. The van der Waals surface area contributed by atoms with E-state index in [0.717, 1.165) is 19.3 Å². The van der Waals surface area contributed by atoms with E-state index in [-0.39, 0.29) is 24.6 Å². The van der Waals surface area contributed by atoms with Gasteiger partial charge < -0.3 is 10.4 Å². The summed E-state index contributed by atoms with van der Waals surface area (Å²) >= 11 is 0. The Hall–Kier alpha value is -0.570. The van der Waals surface area contributed by atoms with Gasteiger partial charge in [0.05, 0.1) is 6.10 Å². The van der Waals surface area contributed by atoms with Crippen LogP contribution in [-0.2, 0) is 0 Å². The number of benzene rings is 1. The van der Waals surface area contributed by atoms with Crippen molar-refractivity contribution in [2.75, 3.05) is 0 Å². The molecule has 16 heavy (non-hydrogen) atoms. The lowest BCUT2D eigenvalue weighted by atomic mass is 10.1. The van der Waals surface area contributed by atoms with Crippen LogP contribution in [0.5, 0.6) is 0 Å².